The number of carbonyl (C=O) groups excluding carboxylic acids is 2. The van der Waals surface area contributed by atoms with E-state index < -0.39 is 0 Å². The lowest BCUT2D eigenvalue weighted by Crippen LogP contribution is -2.48. The number of hydrogen-bond donors (Lipinski definition) is 2. The molecule has 0 unspecified atom stereocenters. The molecule has 4 heteroatoms. The predicted molar refractivity (Wildman–Crippen MR) is 76.9 cm³/mol. The number of hydrogen-bond acceptors (Lipinski definition) is 2. The van der Waals surface area contributed by atoms with Crippen molar-refractivity contribution in [3.8, 4) is 0 Å². The molecule has 0 aliphatic heterocycles. The highest BCUT2D eigenvalue weighted by Gasteiger charge is 2.51. The van der Waals surface area contributed by atoms with Crippen LogP contribution in [0.15, 0.2) is 0 Å². The summed E-state index contributed by atoms with van der Waals surface area (Å²) in [5, 5.41) is 5.67. The van der Waals surface area contributed by atoms with Gasteiger partial charge in [-0.05, 0) is 61.7 Å². The highest BCUT2D eigenvalue weighted by Crippen LogP contribution is 2.61. The van der Waals surface area contributed by atoms with E-state index in [1.54, 1.807) is 0 Å². The van der Waals surface area contributed by atoms with Gasteiger partial charge in [0.2, 0.25) is 11.8 Å². The van der Waals surface area contributed by atoms with Crippen LogP contribution in [0.25, 0.3) is 0 Å². The van der Waals surface area contributed by atoms with Gasteiger partial charge in [0, 0.05) is 26.4 Å². The van der Waals surface area contributed by atoms with Gasteiger partial charge >= 0.3 is 0 Å². The molecule has 20 heavy (non-hydrogen) atoms. The molecule has 4 rings (SSSR count). The summed E-state index contributed by atoms with van der Waals surface area (Å²) < 4.78 is 0. The zero-order valence-electron chi connectivity index (χ0n) is 12.4. The van der Waals surface area contributed by atoms with Crippen molar-refractivity contribution in [2.45, 2.75) is 51.9 Å². The van der Waals surface area contributed by atoms with Crippen LogP contribution in [0.4, 0.5) is 0 Å². The highest BCUT2D eigenvalue weighted by molar-refractivity contribution is 5.77. The number of amides is 2. The first-order valence-electron chi connectivity index (χ1n) is 8.06. The van der Waals surface area contributed by atoms with Gasteiger partial charge in [-0.2, -0.15) is 0 Å². The summed E-state index contributed by atoms with van der Waals surface area (Å²) in [6.45, 7) is 2.57. The molecule has 0 aromatic carbocycles. The number of rotatable bonds is 5. The monoisotopic (exact) mass is 278 g/mol. The van der Waals surface area contributed by atoms with Crippen LogP contribution in [0.1, 0.15) is 51.9 Å². The van der Waals surface area contributed by atoms with Crippen LogP contribution >= 0.6 is 0 Å². The maximum absolute atomic E-state index is 12.1. The van der Waals surface area contributed by atoms with Crippen LogP contribution in [-0.2, 0) is 9.59 Å². The van der Waals surface area contributed by atoms with E-state index in [1.165, 1.54) is 45.4 Å². The third-order valence-corrected chi connectivity index (χ3v) is 5.52. The normalized spacial score (nSPS) is 37.8. The lowest BCUT2D eigenvalue weighted by Gasteiger charge is -2.56. The summed E-state index contributed by atoms with van der Waals surface area (Å²) >= 11 is 0. The fourth-order valence-corrected chi connectivity index (χ4v) is 5.35. The van der Waals surface area contributed by atoms with Crippen molar-refractivity contribution in [2.24, 2.45) is 23.2 Å². The molecule has 4 nitrogen and oxygen atoms in total. The summed E-state index contributed by atoms with van der Waals surface area (Å²) in [5.74, 6) is 2.83. The number of carbonyl (C=O) groups is 2. The highest BCUT2D eigenvalue weighted by atomic mass is 16.2. The molecule has 2 amide bonds. The van der Waals surface area contributed by atoms with Gasteiger partial charge in [0.15, 0.2) is 0 Å². The first-order valence-corrected chi connectivity index (χ1v) is 8.06. The zero-order chi connectivity index (χ0) is 14.2. The summed E-state index contributed by atoms with van der Waals surface area (Å²) in [7, 11) is 0. The van der Waals surface area contributed by atoms with E-state index in [2.05, 4.69) is 10.6 Å². The van der Waals surface area contributed by atoms with Crippen LogP contribution in [0, 0.1) is 23.2 Å². The van der Waals surface area contributed by atoms with Crippen molar-refractivity contribution >= 4 is 11.8 Å². The van der Waals surface area contributed by atoms with Crippen molar-refractivity contribution in [1.29, 1.82) is 0 Å². The molecule has 2 N–H and O–H groups in total. The van der Waals surface area contributed by atoms with Crippen LogP contribution in [0.3, 0.4) is 0 Å². The number of nitrogens with one attached hydrogen (secondary N) is 2. The summed E-state index contributed by atoms with van der Waals surface area (Å²) in [4.78, 5) is 22.9. The minimum Gasteiger partial charge on any atom is -0.355 e. The van der Waals surface area contributed by atoms with Gasteiger partial charge in [0.1, 0.15) is 0 Å². The van der Waals surface area contributed by atoms with Crippen LogP contribution in [0.5, 0.6) is 0 Å². The molecule has 0 saturated heterocycles. The molecule has 4 aliphatic carbocycles. The first kappa shape index (κ1) is 13.9. The summed E-state index contributed by atoms with van der Waals surface area (Å²) in [5.41, 5.74) is 0.312. The summed E-state index contributed by atoms with van der Waals surface area (Å²) in [6.07, 6.45) is 8.79. The Kier molecular flexibility index (Phi) is 3.74. The lowest BCUT2D eigenvalue weighted by molar-refractivity contribution is -0.129. The van der Waals surface area contributed by atoms with E-state index in [1.807, 2.05) is 0 Å². The Labute approximate surface area is 121 Å². The van der Waals surface area contributed by atoms with Gasteiger partial charge in [-0.1, -0.05) is 0 Å². The largest absolute Gasteiger partial charge is 0.355 e. The molecule has 0 aromatic heterocycles. The molecule has 112 valence electrons. The molecular weight excluding hydrogens is 252 g/mol. The lowest BCUT2D eigenvalue weighted by atomic mass is 9.49. The Morgan fingerprint density at radius 3 is 1.95 bits per heavy atom. The fourth-order valence-electron chi connectivity index (χ4n) is 5.35. The molecule has 0 radical (unpaired) electrons. The molecule has 0 aromatic rings. The third kappa shape index (κ3) is 2.99. The maximum atomic E-state index is 12.1. The minimum atomic E-state index is -0.0414. The molecular formula is C16H26N2O2. The fraction of sp³-hybridized carbons (Fsp3) is 0.875. The SMILES string of the molecule is CC(=O)NCCNC(=O)CC12CC3CC(CC(C3)C1)C2. The average molecular weight is 278 g/mol. The summed E-state index contributed by atoms with van der Waals surface area (Å²) in [6, 6.07) is 0. The van der Waals surface area contributed by atoms with Crippen LogP contribution in [-0.4, -0.2) is 24.9 Å². The molecule has 4 aliphatic rings. The smallest absolute Gasteiger partial charge is 0.220 e. The molecule has 4 saturated carbocycles. The van der Waals surface area contributed by atoms with Gasteiger partial charge in [0.05, 0.1) is 0 Å². The average Bonchev–Trinajstić information content (AvgIpc) is 2.32. The maximum Gasteiger partial charge on any atom is 0.220 e. The Bertz CT molecular complexity index is 370. The molecule has 0 spiro atoms. The molecule has 0 atom stereocenters. The zero-order valence-corrected chi connectivity index (χ0v) is 12.4. The Balaban J connectivity index is 1.47. The van der Waals surface area contributed by atoms with Crippen molar-refractivity contribution < 1.29 is 9.59 Å². The van der Waals surface area contributed by atoms with Crippen LogP contribution < -0.4 is 10.6 Å². The second kappa shape index (κ2) is 5.38. The van der Waals surface area contributed by atoms with E-state index in [-0.39, 0.29) is 11.8 Å². The second-order valence-electron chi connectivity index (χ2n) is 7.43. The minimum absolute atomic E-state index is 0.0414. The third-order valence-electron chi connectivity index (χ3n) is 5.52. The Morgan fingerprint density at radius 1 is 0.950 bits per heavy atom. The molecule has 4 bridgehead atoms. The first-order chi connectivity index (χ1) is 9.55. The van der Waals surface area contributed by atoms with E-state index >= 15 is 0 Å². The van der Waals surface area contributed by atoms with Crippen molar-refractivity contribution in [3.63, 3.8) is 0 Å². The topological polar surface area (TPSA) is 58.2 Å². The van der Waals surface area contributed by atoms with Gasteiger partial charge in [-0.25, -0.2) is 0 Å². The second-order valence-corrected chi connectivity index (χ2v) is 7.43. The van der Waals surface area contributed by atoms with Gasteiger partial charge in [-0.15, -0.1) is 0 Å². The van der Waals surface area contributed by atoms with Gasteiger partial charge in [0.25, 0.3) is 0 Å². The Morgan fingerprint density at radius 2 is 1.45 bits per heavy atom. The Hall–Kier alpha value is -1.06. The standard InChI is InChI=1S/C16H26N2O2/c1-11(19)17-2-3-18-15(20)10-16-7-12-4-13(8-16)6-14(5-12)9-16/h12-14H,2-10H2,1H3,(H,17,19)(H,18,20). The van der Waals surface area contributed by atoms with Gasteiger partial charge < -0.3 is 10.6 Å². The van der Waals surface area contributed by atoms with E-state index in [4.69, 9.17) is 0 Å². The molecule has 0 heterocycles. The van der Waals surface area contributed by atoms with Crippen molar-refractivity contribution in [1.82, 2.24) is 10.6 Å². The molecule has 4 fully saturated rings. The van der Waals surface area contributed by atoms with Crippen molar-refractivity contribution in [2.75, 3.05) is 13.1 Å². The van der Waals surface area contributed by atoms with Crippen molar-refractivity contribution in [3.05, 3.63) is 0 Å². The quantitative estimate of drug-likeness (QED) is 0.754. The van der Waals surface area contributed by atoms with E-state index in [9.17, 15) is 9.59 Å². The predicted octanol–water partition coefficient (Wildman–Crippen LogP) is 1.85. The van der Waals surface area contributed by atoms with E-state index in [0.717, 1.165) is 17.8 Å². The van der Waals surface area contributed by atoms with Crippen LogP contribution in [0.2, 0.25) is 0 Å². The van der Waals surface area contributed by atoms with Gasteiger partial charge in [-0.3, -0.25) is 9.59 Å². The van der Waals surface area contributed by atoms with E-state index in [0.29, 0.717) is 24.9 Å².